The van der Waals surface area contributed by atoms with Crippen LogP contribution < -0.4 is 0 Å². The van der Waals surface area contributed by atoms with E-state index in [-0.39, 0.29) is 5.28 Å². The van der Waals surface area contributed by atoms with E-state index in [4.69, 9.17) is 11.6 Å². The molecule has 0 amide bonds. The minimum absolute atomic E-state index is 0.133. The lowest BCUT2D eigenvalue weighted by Crippen LogP contribution is -1.85. The first kappa shape index (κ1) is 6.16. The molecular weight excluding hydrogens is 140 g/mol. The number of hydrogen-bond donors (Lipinski definition) is 0. The van der Waals surface area contributed by atoms with Crippen LogP contribution in [0.15, 0.2) is 12.4 Å². The molecule has 45 valence electrons. The molecule has 1 radical (unpaired) electrons. The number of nitrogens with zero attached hydrogens (tertiary/aromatic N) is 2. The summed E-state index contributed by atoms with van der Waals surface area (Å²) in [5, 5.41) is 0.133. The van der Waals surface area contributed by atoms with Crippen LogP contribution in [-0.4, -0.2) is 16.3 Å². The van der Waals surface area contributed by atoms with E-state index in [0.717, 1.165) is 0 Å². The number of hydrogen-bond acceptors (Lipinski definition) is 3. The molecule has 1 rings (SSSR count). The molecule has 1 heterocycles. The normalized spacial score (nSPS) is 9.00. The molecule has 3 nitrogen and oxygen atoms in total. The van der Waals surface area contributed by atoms with Crippen LogP contribution in [0.3, 0.4) is 0 Å². The number of carbonyl (C=O) groups excluding carboxylic acids is 1. The molecular formula is C5H2ClN2O. The van der Waals surface area contributed by atoms with Crippen molar-refractivity contribution in [2.75, 3.05) is 0 Å². The fraction of sp³-hybridized carbons (Fsp3) is 0. The highest BCUT2D eigenvalue weighted by atomic mass is 35.5. The van der Waals surface area contributed by atoms with Crippen molar-refractivity contribution < 1.29 is 4.79 Å². The van der Waals surface area contributed by atoms with Gasteiger partial charge in [-0.15, -0.1) is 0 Å². The summed E-state index contributed by atoms with van der Waals surface area (Å²) in [4.78, 5) is 17.0. The second-order valence-corrected chi connectivity index (χ2v) is 1.68. The van der Waals surface area contributed by atoms with Crippen molar-refractivity contribution in [3.8, 4) is 0 Å². The van der Waals surface area contributed by atoms with Gasteiger partial charge < -0.3 is 0 Å². The van der Waals surface area contributed by atoms with Crippen molar-refractivity contribution in [2.45, 2.75) is 0 Å². The van der Waals surface area contributed by atoms with E-state index in [1.807, 2.05) is 0 Å². The van der Waals surface area contributed by atoms with Gasteiger partial charge in [0, 0.05) is 12.4 Å². The monoisotopic (exact) mass is 141 g/mol. The van der Waals surface area contributed by atoms with Crippen LogP contribution in [0.5, 0.6) is 0 Å². The van der Waals surface area contributed by atoms with E-state index >= 15 is 0 Å². The summed E-state index contributed by atoms with van der Waals surface area (Å²) < 4.78 is 0. The summed E-state index contributed by atoms with van der Waals surface area (Å²) in [5.41, 5.74) is 0.305. The van der Waals surface area contributed by atoms with E-state index in [0.29, 0.717) is 5.56 Å². The molecule has 0 N–H and O–H groups in total. The fourth-order valence-electron chi connectivity index (χ4n) is 0.365. The lowest BCUT2D eigenvalue weighted by Gasteiger charge is -1.85. The number of halogens is 1. The average Bonchev–Trinajstić information content (AvgIpc) is 1.90. The van der Waals surface area contributed by atoms with Crippen LogP contribution >= 0.6 is 11.6 Å². The summed E-state index contributed by atoms with van der Waals surface area (Å²) in [6.45, 7) is 0. The Kier molecular flexibility index (Phi) is 1.75. The molecule has 1 aromatic heterocycles. The second kappa shape index (κ2) is 2.55. The predicted molar refractivity (Wildman–Crippen MR) is 31.8 cm³/mol. The van der Waals surface area contributed by atoms with Crippen molar-refractivity contribution in [3.63, 3.8) is 0 Å². The molecule has 0 saturated heterocycles. The van der Waals surface area contributed by atoms with Gasteiger partial charge in [0.1, 0.15) is 0 Å². The lowest BCUT2D eigenvalue weighted by molar-refractivity contribution is 0.562. The minimum Gasteiger partial charge on any atom is -0.285 e. The Bertz CT molecular complexity index is 209. The molecule has 0 aliphatic carbocycles. The maximum atomic E-state index is 9.87. The SMILES string of the molecule is O=[C]c1cnc(Cl)nc1. The van der Waals surface area contributed by atoms with Gasteiger partial charge >= 0.3 is 0 Å². The number of aromatic nitrogens is 2. The van der Waals surface area contributed by atoms with E-state index in [2.05, 4.69) is 9.97 Å². The van der Waals surface area contributed by atoms with Crippen molar-refractivity contribution in [3.05, 3.63) is 23.2 Å². The van der Waals surface area contributed by atoms with Gasteiger partial charge in [-0.05, 0) is 11.6 Å². The summed E-state index contributed by atoms with van der Waals surface area (Å²) in [5.74, 6) is 0. The molecule has 0 aliphatic rings. The van der Waals surface area contributed by atoms with Crippen LogP contribution in [-0.2, 0) is 4.79 Å². The Morgan fingerprint density at radius 2 is 2.00 bits per heavy atom. The zero-order valence-electron chi connectivity index (χ0n) is 4.34. The second-order valence-electron chi connectivity index (χ2n) is 1.34. The minimum atomic E-state index is 0.133. The molecule has 0 atom stereocenters. The quantitative estimate of drug-likeness (QED) is 0.538. The Labute approximate surface area is 56.7 Å². The van der Waals surface area contributed by atoms with Crippen LogP contribution in [0.1, 0.15) is 5.56 Å². The van der Waals surface area contributed by atoms with Gasteiger partial charge in [0.15, 0.2) is 0 Å². The molecule has 0 unspecified atom stereocenters. The van der Waals surface area contributed by atoms with Gasteiger partial charge in [0.25, 0.3) is 0 Å². The largest absolute Gasteiger partial charge is 0.285 e. The zero-order valence-corrected chi connectivity index (χ0v) is 5.09. The van der Waals surface area contributed by atoms with Gasteiger partial charge in [-0.2, -0.15) is 0 Å². The highest BCUT2D eigenvalue weighted by Gasteiger charge is 1.90. The van der Waals surface area contributed by atoms with Gasteiger partial charge in [-0.1, -0.05) is 0 Å². The maximum absolute atomic E-state index is 9.87. The van der Waals surface area contributed by atoms with Gasteiger partial charge in [-0.25, -0.2) is 9.97 Å². The van der Waals surface area contributed by atoms with Gasteiger partial charge in [0.05, 0.1) is 5.56 Å². The smallest absolute Gasteiger partial charge is 0.236 e. The summed E-state index contributed by atoms with van der Waals surface area (Å²) in [6.07, 6.45) is 4.24. The molecule has 0 bridgehead atoms. The molecule has 9 heavy (non-hydrogen) atoms. The van der Waals surface area contributed by atoms with Crippen LogP contribution in [0.2, 0.25) is 5.28 Å². The number of rotatable bonds is 1. The Morgan fingerprint density at radius 3 is 2.44 bits per heavy atom. The Balaban J connectivity index is 3.01. The van der Waals surface area contributed by atoms with Crippen molar-refractivity contribution in [1.82, 2.24) is 9.97 Å². The maximum Gasteiger partial charge on any atom is 0.236 e. The highest BCUT2D eigenvalue weighted by Crippen LogP contribution is 1.96. The third-order valence-electron chi connectivity index (χ3n) is 0.738. The highest BCUT2D eigenvalue weighted by molar-refractivity contribution is 6.28. The average molecular weight is 142 g/mol. The molecule has 0 saturated carbocycles. The first-order valence-corrected chi connectivity index (χ1v) is 2.56. The molecule has 1 aromatic rings. The molecule has 4 heteroatoms. The first-order chi connectivity index (χ1) is 4.33. The summed E-state index contributed by atoms with van der Waals surface area (Å²) in [6, 6.07) is 0. The van der Waals surface area contributed by atoms with E-state index in [1.165, 1.54) is 12.4 Å². The Hall–Kier alpha value is -0.960. The third kappa shape index (κ3) is 1.47. The fourth-order valence-corrected chi connectivity index (χ4v) is 0.463. The Morgan fingerprint density at radius 1 is 1.44 bits per heavy atom. The van der Waals surface area contributed by atoms with Crippen LogP contribution in [0, 0.1) is 0 Å². The molecule has 0 aromatic carbocycles. The topological polar surface area (TPSA) is 42.9 Å². The summed E-state index contributed by atoms with van der Waals surface area (Å²) in [7, 11) is 0. The van der Waals surface area contributed by atoms with Gasteiger partial charge in [-0.3, -0.25) is 4.79 Å². The van der Waals surface area contributed by atoms with E-state index in [1.54, 1.807) is 6.29 Å². The molecule has 0 spiro atoms. The van der Waals surface area contributed by atoms with Crippen LogP contribution in [0.4, 0.5) is 0 Å². The van der Waals surface area contributed by atoms with E-state index in [9.17, 15) is 4.79 Å². The van der Waals surface area contributed by atoms with Crippen molar-refractivity contribution >= 4 is 17.9 Å². The summed E-state index contributed by atoms with van der Waals surface area (Å²) >= 11 is 5.32. The van der Waals surface area contributed by atoms with Crippen molar-refractivity contribution in [2.24, 2.45) is 0 Å². The molecule has 0 aliphatic heterocycles. The van der Waals surface area contributed by atoms with E-state index < -0.39 is 0 Å². The first-order valence-electron chi connectivity index (χ1n) is 2.18. The van der Waals surface area contributed by atoms with Gasteiger partial charge in [0.2, 0.25) is 11.6 Å². The zero-order chi connectivity index (χ0) is 6.69. The lowest BCUT2D eigenvalue weighted by atomic mass is 10.4. The third-order valence-corrected chi connectivity index (χ3v) is 0.933. The molecule has 0 fully saturated rings. The van der Waals surface area contributed by atoms with Crippen LogP contribution in [0.25, 0.3) is 0 Å². The predicted octanol–water partition coefficient (Wildman–Crippen LogP) is 0.588. The van der Waals surface area contributed by atoms with Crippen molar-refractivity contribution in [1.29, 1.82) is 0 Å². The standard InChI is InChI=1S/C5H2ClN2O/c6-5-7-1-4(3-9)2-8-5/h1-2H.